The molecule has 0 fully saturated rings. The Hall–Kier alpha value is -0.940. The van der Waals surface area contributed by atoms with Gasteiger partial charge in [-0.25, -0.2) is 0 Å². The highest BCUT2D eigenvalue weighted by Gasteiger charge is 1.97. The van der Waals surface area contributed by atoms with Crippen LogP contribution in [0.3, 0.4) is 0 Å². The lowest BCUT2D eigenvalue weighted by Gasteiger charge is -1.97. The van der Waals surface area contributed by atoms with Crippen molar-refractivity contribution in [2.75, 3.05) is 0 Å². The van der Waals surface area contributed by atoms with Gasteiger partial charge in [0, 0.05) is 8.98 Å². The van der Waals surface area contributed by atoms with E-state index in [1.54, 1.807) is 5.41 Å². The fourth-order valence-corrected chi connectivity index (χ4v) is 2.80. The summed E-state index contributed by atoms with van der Waals surface area (Å²) in [6.07, 6.45) is 1.91. The van der Waals surface area contributed by atoms with Crippen molar-refractivity contribution in [2.24, 2.45) is 0 Å². The van der Waals surface area contributed by atoms with Crippen molar-refractivity contribution in [1.82, 2.24) is 0 Å². The summed E-state index contributed by atoms with van der Waals surface area (Å²) >= 11 is 2.27. The van der Waals surface area contributed by atoms with Gasteiger partial charge in [-0.3, -0.25) is 4.21 Å². The molecule has 2 aromatic carbocycles. The Labute approximate surface area is 124 Å². The first-order valence-electron chi connectivity index (χ1n) is 5.59. The second kappa shape index (κ2) is 6.85. The Kier molecular flexibility index (Phi) is 5.13. The lowest BCUT2D eigenvalue weighted by Crippen LogP contribution is -1.90. The van der Waals surface area contributed by atoms with Gasteiger partial charge in [0.1, 0.15) is 0 Å². The topological polar surface area (TPSA) is 17.1 Å². The Bertz CT molecular complexity index is 546. The van der Waals surface area contributed by atoms with Crippen LogP contribution >= 0.6 is 22.6 Å². The van der Waals surface area contributed by atoms with Gasteiger partial charge in [0.15, 0.2) is 0 Å². The van der Waals surface area contributed by atoms with Gasteiger partial charge in [-0.1, -0.05) is 42.5 Å². The zero-order chi connectivity index (χ0) is 12.8. The molecule has 92 valence electrons. The molecule has 0 saturated heterocycles. The number of benzene rings is 2. The monoisotopic (exact) mass is 368 g/mol. The lowest BCUT2D eigenvalue weighted by molar-refractivity contribution is 0.688. The second-order valence-electron chi connectivity index (χ2n) is 3.86. The number of hydrogen-bond acceptors (Lipinski definition) is 1. The molecule has 3 heteroatoms. The minimum atomic E-state index is -0.959. The lowest BCUT2D eigenvalue weighted by atomic mass is 10.2. The fraction of sp³-hybridized carbons (Fsp3) is 0.0667. The van der Waals surface area contributed by atoms with Crippen LogP contribution in [0.4, 0.5) is 0 Å². The molecule has 2 aromatic rings. The van der Waals surface area contributed by atoms with E-state index in [4.69, 9.17) is 0 Å². The molecule has 0 aliphatic rings. The summed E-state index contributed by atoms with van der Waals surface area (Å²) in [6.45, 7) is 0. The quantitative estimate of drug-likeness (QED) is 0.739. The van der Waals surface area contributed by atoms with Gasteiger partial charge in [-0.15, -0.1) is 0 Å². The molecule has 18 heavy (non-hydrogen) atoms. The molecular weight excluding hydrogens is 355 g/mol. The van der Waals surface area contributed by atoms with Gasteiger partial charge in [0.05, 0.1) is 16.6 Å². The van der Waals surface area contributed by atoms with Gasteiger partial charge < -0.3 is 0 Å². The largest absolute Gasteiger partial charge is 0.255 e. The Balaban J connectivity index is 1.97. The molecule has 0 radical (unpaired) electrons. The van der Waals surface area contributed by atoms with E-state index in [2.05, 4.69) is 22.6 Å². The maximum atomic E-state index is 11.9. The SMILES string of the molecule is O=S(C=Cc1ccc(I)cc1)Cc1ccccc1. The van der Waals surface area contributed by atoms with E-state index in [0.717, 1.165) is 11.1 Å². The highest BCUT2D eigenvalue weighted by Crippen LogP contribution is 2.10. The van der Waals surface area contributed by atoms with Crippen LogP contribution in [0.1, 0.15) is 11.1 Å². The van der Waals surface area contributed by atoms with Crippen molar-refractivity contribution < 1.29 is 4.21 Å². The van der Waals surface area contributed by atoms with Crippen molar-refractivity contribution in [2.45, 2.75) is 5.75 Å². The van der Waals surface area contributed by atoms with E-state index >= 15 is 0 Å². The maximum Gasteiger partial charge on any atom is 0.0526 e. The molecule has 1 unspecified atom stereocenters. The molecule has 0 heterocycles. The van der Waals surface area contributed by atoms with Gasteiger partial charge in [0.2, 0.25) is 0 Å². The summed E-state index contributed by atoms with van der Waals surface area (Å²) in [5, 5.41) is 1.76. The van der Waals surface area contributed by atoms with E-state index in [9.17, 15) is 4.21 Å². The van der Waals surface area contributed by atoms with Crippen LogP contribution in [0.5, 0.6) is 0 Å². The molecule has 0 aliphatic carbocycles. The van der Waals surface area contributed by atoms with Crippen LogP contribution in [0.2, 0.25) is 0 Å². The van der Waals surface area contributed by atoms with Crippen LogP contribution in [-0.4, -0.2) is 4.21 Å². The van der Waals surface area contributed by atoms with E-state index in [0.29, 0.717) is 5.75 Å². The van der Waals surface area contributed by atoms with Crippen LogP contribution < -0.4 is 0 Å². The minimum Gasteiger partial charge on any atom is -0.255 e. The molecule has 0 aromatic heterocycles. The van der Waals surface area contributed by atoms with E-state index in [-0.39, 0.29) is 0 Å². The predicted octanol–water partition coefficient (Wildman–Crippen LogP) is 4.21. The van der Waals surface area contributed by atoms with E-state index < -0.39 is 10.8 Å². The van der Waals surface area contributed by atoms with Crippen molar-refractivity contribution in [1.29, 1.82) is 0 Å². The third-order valence-corrected chi connectivity index (χ3v) is 4.21. The number of hydrogen-bond donors (Lipinski definition) is 0. The standard InChI is InChI=1S/C15H13IOS/c16-15-8-6-13(7-9-15)10-11-18(17)12-14-4-2-1-3-5-14/h1-11H,12H2. The summed E-state index contributed by atoms with van der Waals surface area (Å²) in [5.74, 6) is 0.571. The normalized spacial score (nSPS) is 12.7. The molecule has 1 atom stereocenters. The van der Waals surface area contributed by atoms with Gasteiger partial charge in [0.25, 0.3) is 0 Å². The zero-order valence-electron chi connectivity index (χ0n) is 9.75. The highest BCUT2D eigenvalue weighted by atomic mass is 127. The van der Waals surface area contributed by atoms with Gasteiger partial charge in [-0.05, 0) is 51.9 Å². The average molecular weight is 368 g/mol. The van der Waals surface area contributed by atoms with Crippen LogP contribution in [0.15, 0.2) is 60.0 Å². The zero-order valence-corrected chi connectivity index (χ0v) is 12.7. The fourth-order valence-electron chi connectivity index (χ4n) is 1.51. The second-order valence-corrected chi connectivity index (χ2v) is 6.43. The third-order valence-electron chi connectivity index (χ3n) is 2.43. The van der Waals surface area contributed by atoms with Crippen molar-refractivity contribution in [3.05, 3.63) is 74.7 Å². The Morgan fingerprint density at radius 1 is 1.00 bits per heavy atom. The maximum absolute atomic E-state index is 11.9. The Morgan fingerprint density at radius 3 is 2.33 bits per heavy atom. The van der Waals surface area contributed by atoms with Crippen LogP contribution in [-0.2, 0) is 16.6 Å². The summed E-state index contributed by atoms with van der Waals surface area (Å²) in [4.78, 5) is 0. The summed E-state index contributed by atoms with van der Waals surface area (Å²) in [5.41, 5.74) is 2.18. The predicted molar refractivity (Wildman–Crippen MR) is 86.5 cm³/mol. The molecule has 0 spiro atoms. The van der Waals surface area contributed by atoms with E-state index in [1.807, 2.05) is 60.7 Å². The Morgan fingerprint density at radius 2 is 1.67 bits per heavy atom. The smallest absolute Gasteiger partial charge is 0.0526 e. The highest BCUT2D eigenvalue weighted by molar-refractivity contribution is 14.1. The number of rotatable bonds is 4. The van der Waals surface area contributed by atoms with E-state index in [1.165, 1.54) is 3.57 Å². The van der Waals surface area contributed by atoms with Crippen molar-refractivity contribution >= 4 is 39.5 Å². The molecule has 2 rings (SSSR count). The van der Waals surface area contributed by atoms with Crippen LogP contribution in [0, 0.1) is 3.57 Å². The first-order chi connectivity index (χ1) is 8.74. The first-order valence-corrected chi connectivity index (χ1v) is 8.05. The van der Waals surface area contributed by atoms with Crippen LogP contribution in [0.25, 0.3) is 6.08 Å². The van der Waals surface area contributed by atoms with Crippen molar-refractivity contribution in [3.63, 3.8) is 0 Å². The molecular formula is C15H13IOS. The van der Waals surface area contributed by atoms with Crippen molar-refractivity contribution in [3.8, 4) is 0 Å². The number of halogens is 1. The third kappa shape index (κ3) is 4.38. The minimum absolute atomic E-state index is 0.571. The van der Waals surface area contributed by atoms with Gasteiger partial charge in [-0.2, -0.15) is 0 Å². The molecule has 0 aliphatic heterocycles. The van der Waals surface area contributed by atoms with Gasteiger partial charge >= 0.3 is 0 Å². The average Bonchev–Trinajstić information content (AvgIpc) is 2.39. The summed E-state index contributed by atoms with van der Waals surface area (Å²) < 4.78 is 13.1. The first kappa shape index (κ1) is 13.5. The summed E-state index contributed by atoms with van der Waals surface area (Å²) in [6, 6.07) is 18.0. The molecule has 0 saturated carbocycles. The molecule has 0 bridgehead atoms. The molecule has 0 amide bonds. The summed E-state index contributed by atoms with van der Waals surface area (Å²) in [7, 11) is -0.959. The molecule has 0 N–H and O–H groups in total. The molecule has 1 nitrogen and oxygen atoms in total.